The quantitative estimate of drug-likeness (QED) is 0.690. The number of rotatable bonds is 2. The van der Waals surface area contributed by atoms with E-state index in [1.807, 2.05) is 30.3 Å². The van der Waals surface area contributed by atoms with E-state index in [0.29, 0.717) is 17.4 Å². The largest absolute Gasteiger partial charge is 0.396 e. The number of benzene rings is 2. The van der Waals surface area contributed by atoms with E-state index in [1.54, 1.807) is 4.68 Å². The number of anilines is 1. The first kappa shape index (κ1) is 11.5. The van der Waals surface area contributed by atoms with Gasteiger partial charge in [-0.05, 0) is 11.6 Å². The standard InChI is InChI=1S/C14H12FN3O/c15-11-7-13-10(6-12(11)16)14(19)17-18(13)8-9-4-2-1-3-5-9/h1-7H,8,16H2,(H,17,19). The normalized spacial score (nSPS) is 11.0. The van der Waals surface area contributed by atoms with Crippen molar-refractivity contribution in [2.75, 3.05) is 5.73 Å². The van der Waals surface area contributed by atoms with Gasteiger partial charge in [-0.1, -0.05) is 30.3 Å². The Morgan fingerprint density at radius 3 is 2.68 bits per heavy atom. The lowest BCUT2D eigenvalue weighted by Gasteiger charge is -2.05. The second-order valence-electron chi connectivity index (χ2n) is 4.40. The predicted octanol–water partition coefficient (Wildman–Crippen LogP) is 2.10. The second kappa shape index (κ2) is 4.28. The Kier molecular flexibility index (Phi) is 2.59. The monoisotopic (exact) mass is 257 g/mol. The minimum atomic E-state index is -0.520. The molecule has 2 aromatic carbocycles. The number of nitrogens with zero attached hydrogens (tertiary/aromatic N) is 1. The molecule has 3 rings (SSSR count). The summed E-state index contributed by atoms with van der Waals surface area (Å²) in [5.41, 5.74) is 6.73. The zero-order valence-corrected chi connectivity index (χ0v) is 10.1. The Morgan fingerprint density at radius 2 is 1.95 bits per heavy atom. The Bertz CT molecular complexity index is 790. The fourth-order valence-electron chi connectivity index (χ4n) is 2.12. The van der Waals surface area contributed by atoms with Crippen LogP contribution < -0.4 is 11.3 Å². The number of nitrogen functional groups attached to an aromatic ring is 1. The summed E-state index contributed by atoms with van der Waals surface area (Å²) in [6, 6.07) is 12.3. The van der Waals surface area contributed by atoms with Crippen molar-refractivity contribution in [1.82, 2.24) is 9.78 Å². The van der Waals surface area contributed by atoms with Gasteiger partial charge in [0.2, 0.25) is 0 Å². The minimum absolute atomic E-state index is 0.0181. The molecule has 0 saturated carbocycles. The van der Waals surface area contributed by atoms with Gasteiger partial charge in [-0.2, -0.15) is 0 Å². The summed E-state index contributed by atoms with van der Waals surface area (Å²) in [6.07, 6.45) is 0. The highest BCUT2D eigenvalue weighted by atomic mass is 19.1. The zero-order valence-electron chi connectivity index (χ0n) is 10.1. The van der Waals surface area contributed by atoms with Gasteiger partial charge in [0.1, 0.15) is 5.82 Å². The average Bonchev–Trinajstić information content (AvgIpc) is 2.68. The number of fused-ring (bicyclic) bond motifs is 1. The molecule has 5 heteroatoms. The first-order chi connectivity index (χ1) is 9.15. The van der Waals surface area contributed by atoms with Gasteiger partial charge in [0.05, 0.1) is 23.1 Å². The molecular weight excluding hydrogens is 245 g/mol. The Balaban J connectivity index is 2.15. The third-order valence-corrected chi connectivity index (χ3v) is 3.07. The summed E-state index contributed by atoms with van der Waals surface area (Å²) < 4.78 is 15.1. The van der Waals surface area contributed by atoms with E-state index in [1.165, 1.54) is 12.1 Å². The molecule has 0 unspecified atom stereocenters. The molecule has 1 aromatic heterocycles. The van der Waals surface area contributed by atoms with Gasteiger partial charge < -0.3 is 5.73 Å². The molecule has 19 heavy (non-hydrogen) atoms. The number of halogens is 1. The van der Waals surface area contributed by atoms with Gasteiger partial charge in [-0.3, -0.25) is 14.6 Å². The first-order valence-corrected chi connectivity index (χ1v) is 5.86. The highest BCUT2D eigenvalue weighted by molar-refractivity contribution is 5.82. The van der Waals surface area contributed by atoms with Crippen LogP contribution in [0.2, 0.25) is 0 Å². The molecule has 0 aliphatic heterocycles. The fourth-order valence-corrected chi connectivity index (χ4v) is 2.12. The Hall–Kier alpha value is -2.56. The smallest absolute Gasteiger partial charge is 0.272 e. The molecule has 0 aliphatic carbocycles. The van der Waals surface area contributed by atoms with Crippen LogP contribution in [-0.2, 0) is 6.54 Å². The van der Waals surface area contributed by atoms with Crippen LogP contribution >= 0.6 is 0 Å². The number of hydrogen-bond acceptors (Lipinski definition) is 2. The van der Waals surface area contributed by atoms with Crippen LogP contribution in [0, 0.1) is 5.82 Å². The molecule has 0 fully saturated rings. The van der Waals surface area contributed by atoms with Crippen LogP contribution in [-0.4, -0.2) is 9.78 Å². The number of nitrogens with two attached hydrogens (primary N) is 1. The lowest BCUT2D eigenvalue weighted by atomic mass is 10.2. The molecule has 1 heterocycles. The van der Waals surface area contributed by atoms with Gasteiger partial charge in [0.25, 0.3) is 5.56 Å². The maximum atomic E-state index is 13.5. The van der Waals surface area contributed by atoms with Crippen molar-refractivity contribution in [3.8, 4) is 0 Å². The summed E-state index contributed by atoms with van der Waals surface area (Å²) in [4.78, 5) is 11.8. The van der Waals surface area contributed by atoms with Crippen molar-refractivity contribution in [2.45, 2.75) is 6.54 Å². The summed E-state index contributed by atoms with van der Waals surface area (Å²) in [5.74, 6) is -0.520. The molecule has 96 valence electrons. The van der Waals surface area contributed by atoms with Crippen LogP contribution in [0.3, 0.4) is 0 Å². The molecule has 4 nitrogen and oxygen atoms in total. The average molecular weight is 257 g/mol. The summed E-state index contributed by atoms with van der Waals surface area (Å²) in [5, 5.41) is 3.09. The maximum Gasteiger partial charge on any atom is 0.272 e. The van der Waals surface area contributed by atoms with Gasteiger partial charge in [0.15, 0.2) is 0 Å². The summed E-state index contributed by atoms with van der Waals surface area (Å²) >= 11 is 0. The van der Waals surface area contributed by atoms with Crippen molar-refractivity contribution in [1.29, 1.82) is 0 Å². The first-order valence-electron chi connectivity index (χ1n) is 5.86. The van der Waals surface area contributed by atoms with Gasteiger partial charge >= 0.3 is 0 Å². The van der Waals surface area contributed by atoms with Crippen molar-refractivity contribution in [2.24, 2.45) is 0 Å². The lowest BCUT2D eigenvalue weighted by molar-refractivity contribution is 0.631. The van der Waals surface area contributed by atoms with E-state index in [9.17, 15) is 9.18 Å². The Morgan fingerprint density at radius 1 is 1.21 bits per heavy atom. The van der Waals surface area contributed by atoms with Crippen molar-refractivity contribution < 1.29 is 4.39 Å². The van der Waals surface area contributed by atoms with E-state index < -0.39 is 5.82 Å². The van der Waals surface area contributed by atoms with E-state index in [-0.39, 0.29) is 11.2 Å². The van der Waals surface area contributed by atoms with E-state index in [0.717, 1.165) is 5.56 Å². The molecular formula is C14H12FN3O. The van der Waals surface area contributed by atoms with E-state index in [4.69, 9.17) is 5.73 Å². The number of hydrogen-bond donors (Lipinski definition) is 2. The molecule has 0 spiro atoms. The van der Waals surface area contributed by atoms with Crippen LogP contribution in [0.15, 0.2) is 47.3 Å². The number of nitrogens with one attached hydrogen (secondary N) is 1. The molecule has 0 amide bonds. The van der Waals surface area contributed by atoms with E-state index in [2.05, 4.69) is 5.10 Å². The number of H-pyrrole nitrogens is 1. The molecule has 3 N–H and O–H groups in total. The third-order valence-electron chi connectivity index (χ3n) is 3.07. The number of aromatic nitrogens is 2. The van der Waals surface area contributed by atoms with Crippen molar-refractivity contribution >= 4 is 16.6 Å². The highest BCUT2D eigenvalue weighted by Crippen LogP contribution is 2.18. The SMILES string of the molecule is Nc1cc2c(=O)[nH]n(Cc3ccccc3)c2cc1F. The zero-order chi connectivity index (χ0) is 13.4. The van der Waals surface area contributed by atoms with Crippen LogP contribution in [0.5, 0.6) is 0 Å². The summed E-state index contributed by atoms with van der Waals surface area (Å²) in [6.45, 7) is 0.475. The number of aromatic amines is 1. The predicted molar refractivity (Wildman–Crippen MR) is 72.5 cm³/mol. The lowest BCUT2D eigenvalue weighted by Crippen LogP contribution is -2.06. The second-order valence-corrected chi connectivity index (χ2v) is 4.40. The van der Waals surface area contributed by atoms with Crippen LogP contribution in [0.4, 0.5) is 10.1 Å². The minimum Gasteiger partial charge on any atom is -0.396 e. The molecule has 0 atom stereocenters. The topological polar surface area (TPSA) is 63.8 Å². The van der Waals surface area contributed by atoms with Crippen LogP contribution in [0.1, 0.15) is 5.56 Å². The van der Waals surface area contributed by atoms with Crippen molar-refractivity contribution in [3.05, 3.63) is 64.2 Å². The van der Waals surface area contributed by atoms with Gasteiger partial charge in [-0.25, -0.2) is 4.39 Å². The summed E-state index contributed by atoms with van der Waals surface area (Å²) in [7, 11) is 0. The Labute approximate surface area is 108 Å². The van der Waals surface area contributed by atoms with Crippen LogP contribution in [0.25, 0.3) is 10.9 Å². The van der Waals surface area contributed by atoms with Gasteiger partial charge in [-0.15, -0.1) is 0 Å². The molecule has 0 aliphatic rings. The fraction of sp³-hybridized carbons (Fsp3) is 0.0714. The molecule has 0 radical (unpaired) electrons. The molecule has 0 saturated heterocycles. The third kappa shape index (κ3) is 1.99. The van der Waals surface area contributed by atoms with Crippen molar-refractivity contribution in [3.63, 3.8) is 0 Å². The highest BCUT2D eigenvalue weighted by Gasteiger charge is 2.10. The molecule has 3 aromatic rings. The maximum absolute atomic E-state index is 13.5. The van der Waals surface area contributed by atoms with Gasteiger partial charge in [0, 0.05) is 6.07 Å². The van der Waals surface area contributed by atoms with E-state index >= 15 is 0 Å². The molecule has 0 bridgehead atoms.